The second-order valence-corrected chi connectivity index (χ2v) is 7.40. The van der Waals surface area contributed by atoms with E-state index in [2.05, 4.69) is 4.98 Å². The third kappa shape index (κ3) is 3.78. The number of fused-ring (bicyclic) bond motifs is 1. The summed E-state index contributed by atoms with van der Waals surface area (Å²) in [5.74, 6) is 2.08. The number of carbonyl (C=O) groups excluding carboxylic acids is 1. The molecule has 2 aromatic rings. The van der Waals surface area contributed by atoms with Crippen LogP contribution in [0.3, 0.4) is 0 Å². The monoisotopic (exact) mass is 371 g/mol. The summed E-state index contributed by atoms with van der Waals surface area (Å²) in [4.78, 5) is 18.5. The van der Waals surface area contributed by atoms with Gasteiger partial charge in [0, 0.05) is 25.5 Å². The van der Waals surface area contributed by atoms with Crippen LogP contribution in [-0.4, -0.2) is 57.9 Å². The van der Waals surface area contributed by atoms with Gasteiger partial charge in [-0.25, -0.2) is 4.98 Å². The SMILES string of the molecule is COc1ccccc1O[C@@H]1C[C@@H]2CN(C(=O)Cn3ccnc3)C[C@@H]2C[C@H]1O. The molecule has 2 heterocycles. The van der Waals surface area contributed by atoms with Gasteiger partial charge in [-0.1, -0.05) is 12.1 Å². The highest BCUT2D eigenvalue weighted by Crippen LogP contribution is 2.39. The van der Waals surface area contributed by atoms with Gasteiger partial charge >= 0.3 is 0 Å². The van der Waals surface area contributed by atoms with Gasteiger partial charge in [0.25, 0.3) is 0 Å². The maximum Gasteiger partial charge on any atom is 0.242 e. The number of methoxy groups -OCH3 is 1. The minimum atomic E-state index is -0.542. The molecule has 144 valence electrons. The van der Waals surface area contributed by atoms with Crippen LogP contribution in [0.4, 0.5) is 0 Å². The summed E-state index contributed by atoms with van der Waals surface area (Å²) in [6.45, 7) is 1.73. The molecular weight excluding hydrogens is 346 g/mol. The minimum absolute atomic E-state index is 0.0964. The van der Waals surface area contributed by atoms with Crippen LogP contribution in [0.15, 0.2) is 43.0 Å². The fraction of sp³-hybridized carbons (Fsp3) is 0.500. The third-order valence-electron chi connectivity index (χ3n) is 5.66. The van der Waals surface area contributed by atoms with Crippen LogP contribution in [0.2, 0.25) is 0 Å². The Balaban J connectivity index is 1.39. The molecule has 4 atom stereocenters. The zero-order valence-electron chi connectivity index (χ0n) is 15.4. The largest absolute Gasteiger partial charge is 0.493 e. The Morgan fingerprint density at radius 3 is 2.67 bits per heavy atom. The summed E-state index contributed by atoms with van der Waals surface area (Å²) in [6, 6.07) is 7.48. The highest BCUT2D eigenvalue weighted by atomic mass is 16.5. The van der Waals surface area contributed by atoms with Gasteiger partial charge in [-0.15, -0.1) is 0 Å². The van der Waals surface area contributed by atoms with Gasteiger partial charge in [-0.3, -0.25) is 4.79 Å². The smallest absolute Gasteiger partial charge is 0.242 e. The molecule has 27 heavy (non-hydrogen) atoms. The molecule has 0 radical (unpaired) electrons. The van der Waals surface area contributed by atoms with Crippen molar-refractivity contribution in [2.24, 2.45) is 11.8 Å². The fourth-order valence-electron chi connectivity index (χ4n) is 4.24. The van der Waals surface area contributed by atoms with Gasteiger partial charge < -0.3 is 24.0 Å². The average molecular weight is 371 g/mol. The van der Waals surface area contributed by atoms with Crippen LogP contribution in [0.1, 0.15) is 12.8 Å². The van der Waals surface area contributed by atoms with E-state index in [4.69, 9.17) is 9.47 Å². The van der Waals surface area contributed by atoms with Crippen LogP contribution < -0.4 is 9.47 Å². The molecule has 0 spiro atoms. The molecule has 7 nitrogen and oxygen atoms in total. The van der Waals surface area contributed by atoms with Crippen LogP contribution in [0.5, 0.6) is 11.5 Å². The molecule has 1 aliphatic heterocycles. The number of aliphatic hydroxyl groups excluding tert-OH is 1. The molecule has 2 fully saturated rings. The normalized spacial score (nSPS) is 27.3. The second-order valence-electron chi connectivity index (χ2n) is 7.40. The number of carbonyl (C=O) groups is 1. The molecule has 1 saturated heterocycles. The number of hydrogen-bond donors (Lipinski definition) is 1. The van der Waals surface area contributed by atoms with Crippen molar-refractivity contribution >= 4 is 5.91 Å². The Hall–Kier alpha value is -2.54. The first-order valence-corrected chi connectivity index (χ1v) is 9.35. The van der Waals surface area contributed by atoms with Crippen molar-refractivity contribution in [1.82, 2.24) is 14.5 Å². The van der Waals surface area contributed by atoms with Crippen molar-refractivity contribution in [2.75, 3.05) is 20.2 Å². The summed E-state index contributed by atoms with van der Waals surface area (Å²) in [5.41, 5.74) is 0. The summed E-state index contributed by atoms with van der Waals surface area (Å²) in [7, 11) is 1.61. The van der Waals surface area contributed by atoms with Crippen LogP contribution >= 0.6 is 0 Å². The predicted octanol–water partition coefficient (Wildman–Crippen LogP) is 1.57. The number of hydrogen-bond acceptors (Lipinski definition) is 5. The molecule has 7 heteroatoms. The number of amides is 1. The maximum absolute atomic E-state index is 12.6. The van der Waals surface area contributed by atoms with Gasteiger partial charge in [0.05, 0.1) is 19.5 Å². The zero-order valence-corrected chi connectivity index (χ0v) is 15.4. The van der Waals surface area contributed by atoms with Crippen molar-refractivity contribution in [2.45, 2.75) is 31.6 Å². The average Bonchev–Trinajstić information content (AvgIpc) is 3.32. The van der Waals surface area contributed by atoms with Gasteiger partial charge in [0.2, 0.25) is 5.91 Å². The highest BCUT2D eigenvalue weighted by Gasteiger charge is 2.44. The number of likely N-dealkylation sites (tertiary alicyclic amines) is 1. The van der Waals surface area contributed by atoms with Crippen LogP contribution in [0.25, 0.3) is 0 Å². The molecule has 1 N–H and O–H groups in total. The lowest BCUT2D eigenvalue weighted by atomic mass is 9.78. The number of rotatable bonds is 5. The Morgan fingerprint density at radius 2 is 1.96 bits per heavy atom. The molecule has 1 amide bonds. The number of aromatic nitrogens is 2. The van der Waals surface area contributed by atoms with Gasteiger partial charge in [-0.05, 0) is 36.8 Å². The van der Waals surface area contributed by atoms with Crippen LogP contribution in [-0.2, 0) is 11.3 Å². The van der Waals surface area contributed by atoms with Crippen molar-refractivity contribution in [3.8, 4) is 11.5 Å². The van der Waals surface area contributed by atoms with E-state index in [1.165, 1.54) is 0 Å². The predicted molar refractivity (Wildman–Crippen MR) is 98.4 cm³/mol. The van der Waals surface area contributed by atoms with Gasteiger partial charge in [0.1, 0.15) is 12.6 Å². The molecule has 0 bridgehead atoms. The molecule has 1 aromatic carbocycles. The number of aliphatic hydroxyl groups is 1. The molecule has 1 aromatic heterocycles. The Labute approximate surface area is 158 Å². The first-order chi connectivity index (χ1) is 13.1. The van der Waals surface area contributed by atoms with Crippen molar-refractivity contribution < 1.29 is 19.4 Å². The lowest BCUT2D eigenvalue weighted by molar-refractivity contribution is -0.131. The lowest BCUT2D eigenvalue weighted by Crippen LogP contribution is -2.42. The molecule has 0 unspecified atom stereocenters. The first-order valence-electron chi connectivity index (χ1n) is 9.35. The standard InChI is InChI=1S/C20H25N3O4/c1-26-17-4-2-3-5-18(17)27-19-9-15-11-23(10-14(15)8-16(19)24)20(25)12-22-7-6-21-13-22/h2-7,13-16,19,24H,8-12H2,1H3/t14-,15+,16+,19+/m0/s1. The molecule has 4 rings (SSSR count). The summed E-state index contributed by atoms with van der Waals surface area (Å²) >= 11 is 0. The molecular formula is C20H25N3O4. The van der Waals surface area contributed by atoms with E-state index in [1.54, 1.807) is 30.4 Å². The number of ether oxygens (including phenoxy) is 2. The Kier molecular flexibility index (Phi) is 5.03. The van der Waals surface area contributed by atoms with E-state index in [0.717, 1.165) is 13.0 Å². The number of para-hydroxylation sites is 2. The molecule has 2 aliphatic rings. The van der Waals surface area contributed by atoms with E-state index in [9.17, 15) is 9.90 Å². The van der Waals surface area contributed by atoms with Gasteiger partial charge in [-0.2, -0.15) is 0 Å². The summed E-state index contributed by atoms with van der Waals surface area (Å²) in [6.07, 6.45) is 5.68. The zero-order chi connectivity index (χ0) is 18.8. The van der Waals surface area contributed by atoms with E-state index in [0.29, 0.717) is 42.8 Å². The maximum atomic E-state index is 12.6. The van der Waals surface area contributed by atoms with Crippen molar-refractivity contribution in [3.63, 3.8) is 0 Å². The number of imidazole rings is 1. The van der Waals surface area contributed by atoms with E-state index < -0.39 is 6.10 Å². The van der Waals surface area contributed by atoms with Crippen LogP contribution in [0, 0.1) is 11.8 Å². The first kappa shape index (κ1) is 17.9. The van der Waals surface area contributed by atoms with Gasteiger partial charge in [0.15, 0.2) is 11.5 Å². The number of benzene rings is 1. The fourth-order valence-corrected chi connectivity index (χ4v) is 4.24. The third-order valence-corrected chi connectivity index (χ3v) is 5.66. The lowest BCUT2D eigenvalue weighted by Gasteiger charge is -2.35. The van der Waals surface area contributed by atoms with Crippen molar-refractivity contribution in [3.05, 3.63) is 43.0 Å². The summed E-state index contributed by atoms with van der Waals surface area (Å²) < 4.78 is 13.2. The summed E-state index contributed by atoms with van der Waals surface area (Å²) in [5, 5.41) is 10.6. The van der Waals surface area contributed by atoms with Crippen molar-refractivity contribution in [1.29, 1.82) is 0 Å². The van der Waals surface area contributed by atoms with E-state index in [1.807, 2.05) is 29.2 Å². The minimum Gasteiger partial charge on any atom is -0.493 e. The van der Waals surface area contributed by atoms with E-state index in [-0.39, 0.29) is 12.0 Å². The van der Waals surface area contributed by atoms with E-state index >= 15 is 0 Å². The Morgan fingerprint density at radius 1 is 1.22 bits per heavy atom. The highest BCUT2D eigenvalue weighted by molar-refractivity contribution is 5.76. The molecule has 1 saturated carbocycles. The number of nitrogens with zero attached hydrogens (tertiary/aromatic N) is 3. The quantitative estimate of drug-likeness (QED) is 0.863. The second kappa shape index (κ2) is 7.60. The molecule has 1 aliphatic carbocycles. The topological polar surface area (TPSA) is 76.8 Å². The Bertz CT molecular complexity index is 779.